The summed E-state index contributed by atoms with van der Waals surface area (Å²) < 4.78 is 3.49. The number of hydrogen-bond acceptors (Lipinski definition) is 1. The molecule has 72 valence electrons. The smallest absolute Gasteiger partial charge is 0.266 e. The molecule has 0 bridgehead atoms. The Bertz CT molecular complexity index is 468. The van der Waals surface area contributed by atoms with Crippen LogP contribution in [0.25, 0.3) is 0 Å². The van der Waals surface area contributed by atoms with Crippen LogP contribution < -0.4 is 5.56 Å². The quantitative estimate of drug-likeness (QED) is 0.696. The van der Waals surface area contributed by atoms with Crippen molar-refractivity contribution in [2.75, 3.05) is 0 Å². The van der Waals surface area contributed by atoms with Crippen molar-refractivity contribution in [3.8, 4) is 0 Å². The van der Waals surface area contributed by atoms with E-state index < -0.39 is 0 Å². The van der Waals surface area contributed by atoms with E-state index in [1.807, 2.05) is 35.0 Å². The molecule has 0 atom stereocenters. The molecule has 0 radical (unpaired) electrons. The van der Waals surface area contributed by atoms with Crippen molar-refractivity contribution in [3.05, 3.63) is 58.5 Å². The van der Waals surface area contributed by atoms with Crippen molar-refractivity contribution in [2.45, 2.75) is 6.54 Å². The minimum absolute atomic E-state index is 0.0286. The predicted octanol–water partition coefficient (Wildman–Crippen LogP) is 1.24. The fourth-order valence-corrected chi connectivity index (χ4v) is 1.41. The monoisotopic (exact) mass is 188 g/mol. The second-order valence-electron chi connectivity index (χ2n) is 3.26. The molecule has 0 aliphatic carbocycles. The Balaban J connectivity index is 2.28. The summed E-state index contributed by atoms with van der Waals surface area (Å²) in [5.41, 5.74) is 1.22. The van der Waals surface area contributed by atoms with E-state index in [1.54, 1.807) is 24.0 Å². The summed E-state index contributed by atoms with van der Waals surface area (Å²) in [5, 5.41) is 0. The van der Waals surface area contributed by atoms with Gasteiger partial charge >= 0.3 is 0 Å². The number of aromatic nitrogens is 2. The molecule has 3 heteroatoms. The highest BCUT2D eigenvalue weighted by Crippen LogP contribution is 2.00. The highest BCUT2D eigenvalue weighted by Gasteiger charge is 1.98. The molecule has 0 amide bonds. The molecule has 2 aromatic rings. The normalized spacial score (nSPS) is 10.4. The van der Waals surface area contributed by atoms with Crippen LogP contribution in [-0.2, 0) is 13.6 Å². The third-order valence-corrected chi connectivity index (χ3v) is 2.28. The largest absolute Gasteiger partial charge is 0.286 e. The van der Waals surface area contributed by atoms with Crippen molar-refractivity contribution < 1.29 is 0 Å². The van der Waals surface area contributed by atoms with Crippen LogP contribution in [0.15, 0.2) is 47.4 Å². The minimum atomic E-state index is 0.0286. The standard InChI is InChI=1S/C11H12N2O/c1-12-11(14)7-8-13(12)9-10-5-3-2-4-6-10/h2-8H,9H2,1H3. The zero-order valence-corrected chi connectivity index (χ0v) is 8.05. The summed E-state index contributed by atoms with van der Waals surface area (Å²) in [6.45, 7) is 0.736. The lowest BCUT2D eigenvalue weighted by atomic mass is 10.2. The Morgan fingerprint density at radius 3 is 2.43 bits per heavy atom. The molecule has 0 spiro atoms. The average molecular weight is 188 g/mol. The van der Waals surface area contributed by atoms with Crippen LogP contribution in [-0.4, -0.2) is 9.36 Å². The molecule has 1 aromatic carbocycles. The highest BCUT2D eigenvalue weighted by atomic mass is 16.1. The first-order valence-corrected chi connectivity index (χ1v) is 4.54. The van der Waals surface area contributed by atoms with E-state index >= 15 is 0 Å². The van der Waals surface area contributed by atoms with E-state index in [0.717, 1.165) is 6.54 Å². The maximum Gasteiger partial charge on any atom is 0.266 e. The van der Waals surface area contributed by atoms with Gasteiger partial charge in [0.2, 0.25) is 0 Å². The van der Waals surface area contributed by atoms with E-state index in [2.05, 4.69) is 0 Å². The second kappa shape index (κ2) is 3.54. The SMILES string of the molecule is Cn1c(=O)ccn1Cc1ccccc1. The first-order valence-electron chi connectivity index (χ1n) is 4.54. The summed E-state index contributed by atoms with van der Waals surface area (Å²) in [6.07, 6.45) is 1.80. The molecule has 2 rings (SSSR count). The fourth-order valence-electron chi connectivity index (χ4n) is 1.41. The maximum atomic E-state index is 11.2. The van der Waals surface area contributed by atoms with E-state index in [4.69, 9.17) is 0 Å². The van der Waals surface area contributed by atoms with E-state index in [-0.39, 0.29) is 5.56 Å². The van der Waals surface area contributed by atoms with E-state index in [9.17, 15) is 4.79 Å². The fraction of sp³-hybridized carbons (Fsp3) is 0.182. The van der Waals surface area contributed by atoms with Crippen molar-refractivity contribution >= 4 is 0 Å². The van der Waals surface area contributed by atoms with Gasteiger partial charge in [0.1, 0.15) is 0 Å². The summed E-state index contributed by atoms with van der Waals surface area (Å²) in [6, 6.07) is 11.6. The molecular formula is C11H12N2O. The number of benzene rings is 1. The van der Waals surface area contributed by atoms with Gasteiger partial charge in [0.05, 0.1) is 6.54 Å². The van der Waals surface area contributed by atoms with E-state index in [0.29, 0.717) is 0 Å². The zero-order chi connectivity index (χ0) is 9.97. The van der Waals surface area contributed by atoms with Gasteiger partial charge in [-0.05, 0) is 5.56 Å². The molecule has 0 unspecified atom stereocenters. The van der Waals surface area contributed by atoms with Crippen LogP contribution in [0.1, 0.15) is 5.56 Å². The van der Waals surface area contributed by atoms with Gasteiger partial charge < -0.3 is 0 Å². The first-order chi connectivity index (χ1) is 6.77. The van der Waals surface area contributed by atoms with Gasteiger partial charge in [-0.1, -0.05) is 30.3 Å². The molecule has 1 heterocycles. The van der Waals surface area contributed by atoms with E-state index in [1.165, 1.54) is 5.56 Å². The van der Waals surface area contributed by atoms with Gasteiger partial charge in [0, 0.05) is 19.3 Å². The maximum absolute atomic E-state index is 11.2. The molecular weight excluding hydrogens is 176 g/mol. The average Bonchev–Trinajstić information content (AvgIpc) is 2.52. The van der Waals surface area contributed by atoms with Gasteiger partial charge in [-0.2, -0.15) is 0 Å². The second-order valence-corrected chi connectivity index (χ2v) is 3.26. The predicted molar refractivity (Wildman–Crippen MR) is 55.2 cm³/mol. The van der Waals surface area contributed by atoms with Crippen LogP contribution in [0.4, 0.5) is 0 Å². The topological polar surface area (TPSA) is 26.9 Å². The summed E-state index contributed by atoms with van der Waals surface area (Å²) in [5.74, 6) is 0. The third-order valence-electron chi connectivity index (χ3n) is 2.28. The lowest BCUT2D eigenvalue weighted by Gasteiger charge is -2.06. The van der Waals surface area contributed by atoms with Crippen LogP contribution in [0.2, 0.25) is 0 Å². The molecule has 3 nitrogen and oxygen atoms in total. The van der Waals surface area contributed by atoms with Crippen LogP contribution in [0.5, 0.6) is 0 Å². The number of rotatable bonds is 2. The van der Waals surface area contributed by atoms with Crippen LogP contribution in [0, 0.1) is 0 Å². The Labute approximate surface area is 82.2 Å². The molecule has 1 aromatic heterocycles. The van der Waals surface area contributed by atoms with Crippen molar-refractivity contribution in [2.24, 2.45) is 7.05 Å². The first kappa shape index (κ1) is 8.81. The minimum Gasteiger partial charge on any atom is -0.286 e. The Morgan fingerprint density at radius 2 is 1.86 bits per heavy atom. The zero-order valence-electron chi connectivity index (χ0n) is 8.05. The van der Waals surface area contributed by atoms with Gasteiger partial charge in [-0.25, -0.2) is 0 Å². The molecule has 0 N–H and O–H groups in total. The molecule has 0 aliphatic heterocycles. The Hall–Kier alpha value is -1.77. The van der Waals surface area contributed by atoms with Crippen molar-refractivity contribution in [1.29, 1.82) is 0 Å². The summed E-state index contributed by atoms with van der Waals surface area (Å²) in [4.78, 5) is 11.2. The number of nitrogens with zero attached hydrogens (tertiary/aromatic N) is 2. The Kier molecular flexibility index (Phi) is 2.23. The van der Waals surface area contributed by atoms with Crippen LogP contribution >= 0.6 is 0 Å². The van der Waals surface area contributed by atoms with Gasteiger partial charge in [0.15, 0.2) is 0 Å². The molecule has 14 heavy (non-hydrogen) atoms. The van der Waals surface area contributed by atoms with Gasteiger partial charge in [-0.15, -0.1) is 0 Å². The lowest BCUT2D eigenvalue weighted by Crippen LogP contribution is -2.19. The third kappa shape index (κ3) is 1.62. The van der Waals surface area contributed by atoms with Gasteiger partial charge in [-0.3, -0.25) is 14.2 Å². The molecule has 0 saturated heterocycles. The van der Waals surface area contributed by atoms with Crippen molar-refractivity contribution in [3.63, 3.8) is 0 Å². The molecule has 0 aliphatic rings. The lowest BCUT2D eigenvalue weighted by molar-refractivity contribution is 0.538. The number of hydrogen-bond donors (Lipinski definition) is 0. The summed E-state index contributed by atoms with van der Waals surface area (Å²) in [7, 11) is 1.77. The highest BCUT2D eigenvalue weighted by molar-refractivity contribution is 5.14. The van der Waals surface area contributed by atoms with Crippen molar-refractivity contribution in [1.82, 2.24) is 9.36 Å². The van der Waals surface area contributed by atoms with Crippen LogP contribution in [0.3, 0.4) is 0 Å². The summed E-state index contributed by atoms with van der Waals surface area (Å²) >= 11 is 0. The Morgan fingerprint density at radius 1 is 1.14 bits per heavy atom. The molecule has 0 fully saturated rings. The van der Waals surface area contributed by atoms with Gasteiger partial charge in [0.25, 0.3) is 5.56 Å². The molecule has 0 saturated carbocycles.